The SMILES string of the molecule is COc1nn[c]cc1N. The monoisotopic (exact) mass is 124 g/mol. The molecule has 0 unspecified atom stereocenters. The molecule has 0 saturated heterocycles. The normalized spacial score (nSPS) is 9.00. The summed E-state index contributed by atoms with van der Waals surface area (Å²) in [6.45, 7) is 0. The molecule has 47 valence electrons. The van der Waals surface area contributed by atoms with E-state index in [2.05, 4.69) is 16.4 Å². The van der Waals surface area contributed by atoms with Crippen LogP contribution in [0.4, 0.5) is 5.69 Å². The average Bonchev–Trinajstić information content (AvgIpc) is 1.89. The van der Waals surface area contributed by atoms with Crippen molar-refractivity contribution in [1.29, 1.82) is 0 Å². The Hall–Kier alpha value is -1.32. The summed E-state index contributed by atoms with van der Waals surface area (Å²) in [4.78, 5) is 0. The highest BCUT2D eigenvalue weighted by Crippen LogP contribution is 2.12. The van der Waals surface area contributed by atoms with Crippen LogP contribution < -0.4 is 10.5 Å². The molecule has 0 aromatic carbocycles. The molecular formula is C5H6N3O. The van der Waals surface area contributed by atoms with E-state index in [0.29, 0.717) is 11.6 Å². The first-order chi connectivity index (χ1) is 4.34. The van der Waals surface area contributed by atoms with E-state index >= 15 is 0 Å². The van der Waals surface area contributed by atoms with E-state index in [1.165, 1.54) is 13.2 Å². The zero-order valence-electron chi connectivity index (χ0n) is 4.96. The smallest absolute Gasteiger partial charge is 0.256 e. The molecule has 0 aliphatic carbocycles. The standard InChI is InChI=1S/C5H6N3O/c1-9-5-4(6)2-3-7-8-5/h2H,1H3,(H2,6,7). The number of hydrogen-bond donors (Lipinski definition) is 1. The second-order valence-corrected chi connectivity index (χ2v) is 1.44. The maximum absolute atomic E-state index is 5.37. The third kappa shape index (κ3) is 1.07. The Labute approximate surface area is 52.7 Å². The van der Waals surface area contributed by atoms with Gasteiger partial charge in [-0.3, -0.25) is 0 Å². The average molecular weight is 124 g/mol. The van der Waals surface area contributed by atoms with Gasteiger partial charge in [0.2, 0.25) is 0 Å². The summed E-state index contributed by atoms with van der Waals surface area (Å²) in [5.74, 6) is 0.341. The highest BCUT2D eigenvalue weighted by molar-refractivity contribution is 5.45. The van der Waals surface area contributed by atoms with Crippen LogP contribution in [-0.2, 0) is 0 Å². The zero-order chi connectivity index (χ0) is 6.69. The Morgan fingerprint density at radius 2 is 2.56 bits per heavy atom. The molecule has 0 amide bonds. The predicted octanol–water partition coefficient (Wildman–Crippen LogP) is -0.132. The van der Waals surface area contributed by atoms with E-state index < -0.39 is 0 Å². The lowest BCUT2D eigenvalue weighted by Crippen LogP contribution is -1.95. The first kappa shape index (κ1) is 5.81. The van der Waals surface area contributed by atoms with Gasteiger partial charge in [0.15, 0.2) is 0 Å². The third-order valence-electron chi connectivity index (χ3n) is 0.859. The van der Waals surface area contributed by atoms with Crippen LogP contribution in [0.3, 0.4) is 0 Å². The highest BCUT2D eigenvalue weighted by Gasteiger charge is 1.95. The van der Waals surface area contributed by atoms with Gasteiger partial charge in [-0.25, -0.2) is 0 Å². The maximum Gasteiger partial charge on any atom is 0.256 e. The molecule has 0 spiro atoms. The Bertz CT molecular complexity index is 201. The molecule has 2 N–H and O–H groups in total. The van der Waals surface area contributed by atoms with Crippen molar-refractivity contribution in [3.8, 4) is 5.88 Å². The van der Waals surface area contributed by atoms with Crippen molar-refractivity contribution in [2.24, 2.45) is 0 Å². The van der Waals surface area contributed by atoms with Crippen LogP contribution in [0.1, 0.15) is 0 Å². The third-order valence-corrected chi connectivity index (χ3v) is 0.859. The van der Waals surface area contributed by atoms with E-state index in [-0.39, 0.29) is 0 Å². The van der Waals surface area contributed by atoms with Gasteiger partial charge in [0.1, 0.15) is 6.20 Å². The summed E-state index contributed by atoms with van der Waals surface area (Å²) < 4.78 is 4.73. The molecule has 0 aliphatic rings. The van der Waals surface area contributed by atoms with Crippen molar-refractivity contribution in [2.75, 3.05) is 12.8 Å². The van der Waals surface area contributed by atoms with E-state index in [1.807, 2.05) is 0 Å². The predicted molar refractivity (Wildman–Crippen MR) is 31.8 cm³/mol. The van der Waals surface area contributed by atoms with Crippen molar-refractivity contribution in [3.05, 3.63) is 12.3 Å². The van der Waals surface area contributed by atoms with Crippen molar-refractivity contribution >= 4 is 5.69 Å². The van der Waals surface area contributed by atoms with Gasteiger partial charge < -0.3 is 10.5 Å². The van der Waals surface area contributed by atoms with Gasteiger partial charge in [-0.15, -0.1) is 10.2 Å². The lowest BCUT2D eigenvalue weighted by atomic mass is 10.5. The molecule has 1 aromatic rings. The fourth-order valence-electron chi connectivity index (χ4n) is 0.451. The molecule has 0 saturated carbocycles. The van der Waals surface area contributed by atoms with Gasteiger partial charge in [-0.2, -0.15) is 0 Å². The molecule has 1 aromatic heterocycles. The Balaban J connectivity index is 3.01. The largest absolute Gasteiger partial charge is 0.478 e. The van der Waals surface area contributed by atoms with Crippen molar-refractivity contribution in [2.45, 2.75) is 0 Å². The van der Waals surface area contributed by atoms with Gasteiger partial charge in [0.25, 0.3) is 5.88 Å². The van der Waals surface area contributed by atoms with Crippen LogP contribution in [0.2, 0.25) is 0 Å². The van der Waals surface area contributed by atoms with Crippen LogP contribution in [0.15, 0.2) is 6.07 Å². The molecule has 1 radical (unpaired) electrons. The second-order valence-electron chi connectivity index (χ2n) is 1.44. The lowest BCUT2D eigenvalue weighted by molar-refractivity contribution is 0.394. The molecule has 1 heterocycles. The zero-order valence-corrected chi connectivity index (χ0v) is 4.96. The number of nitrogen functional groups attached to an aromatic ring is 1. The van der Waals surface area contributed by atoms with Gasteiger partial charge in [-0.05, 0) is 6.07 Å². The fraction of sp³-hybridized carbons (Fsp3) is 0.200. The minimum atomic E-state index is 0.341. The number of hydrogen-bond acceptors (Lipinski definition) is 4. The van der Waals surface area contributed by atoms with Crippen molar-refractivity contribution < 1.29 is 4.74 Å². The molecule has 0 atom stereocenters. The Morgan fingerprint density at radius 3 is 3.00 bits per heavy atom. The number of methoxy groups -OCH3 is 1. The van der Waals surface area contributed by atoms with Gasteiger partial charge in [0.05, 0.1) is 12.8 Å². The van der Waals surface area contributed by atoms with Crippen LogP contribution >= 0.6 is 0 Å². The molecular weight excluding hydrogens is 118 g/mol. The quantitative estimate of drug-likeness (QED) is 0.566. The molecule has 9 heavy (non-hydrogen) atoms. The highest BCUT2D eigenvalue weighted by atomic mass is 16.5. The van der Waals surface area contributed by atoms with Gasteiger partial charge in [0, 0.05) is 0 Å². The first-order valence-electron chi connectivity index (χ1n) is 2.38. The number of nitrogens with zero attached hydrogens (tertiary/aromatic N) is 2. The van der Waals surface area contributed by atoms with E-state index in [0.717, 1.165) is 0 Å². The van der Waals surface area contributed by atoms with E-state index in [9.17, 15) is 0 Å². The van der Waals surface area contributed by atoms with E-state index in [4.69, 9.17) is 10.5 Å². The Kier molecular flexibility index (Phi) is 1.48. The number of anilines is 1. The molecule has 1 rings (SSSR count). The molecule has 0 fully saturated rings. The molecule has 4 nitrogen and oxygen atoms in total. The minimum absolute atomic E-state index is 0.341. The second kappa shape index (κ2) is 2.30. The number of rotatable bonds is 1. The number of nitrogens with two attached hydrogens (primary N) is 1. The lowest BCUT2D eigenvalue weighted by Gasteiger charge is -1.97. The van der Waals surface area contributed by atoms with Gasteiger partial charge in [-0.1, -0.05) is 0 Å². The topological polar surface area (TPSA) is 61.0 Å². The van der Waals surface area contributed by atoms with Crippen molar-refractivity contribution in [3.63, 3.8) is 0 Å². The summed E-state index contributed by atoms with van der Waals surface area (Å²) in [5.41, 5.74) is 5.82. The molecule has 0 bridgehead atoms. The number of ether oxygens (including phenoxy) is 1. The first-order valence-corrected chi connectivity index (χ1v) is 2.38. The van der Waals surface area contributed by atoms with Crippen LogP contribution in [0.25, 0.3) is 0 Å². The Morgan fingerprint density at radius 1 is 1.78 bits per heavy atom. The summed E-state index contributed by atoms with van der Waals surface area (Å²) in [6.07, 6.45) is 2.47. The maximum atomic E-state index is 5.37. The van der Waals surface area contributed by atoms with Crippen LogP contribution in [0, 0.1) is 6.20 Å². The van der Waals surface area contributed by atoms with Crippen LogP contribution in [0.5, 0.6) is 5.88 Å². The van der Waals surface area contributed by atoms with Crippen LogP contribution in [-0.4, -0.2) is 17.3 Å². The minimum Gasteiger partial charge on any atom is -0.478 e. The van der Waals surface area contributed by atoms with E-state index in [1.54, 1.807) is 0 Å². The van der Waals surface area contributed by atoms with Crippen molar-refractivity contribution in [1.82, 2.24) is 10.2 Å². The summed E-state index contributed by atoms with van der Waals surface area (Å²) in [5, 5.41) is 6.98. The summed E-state index contributed by atoms with van der Waals surface area (Å²) >= 11 is 0. The molecule has 0 aliphatic heterocycles. The molecule has 4 heteroatoms. The summed E-state index contributed by atoms with van der Waals surface area (Å²) in [7, 11) is 1.49. The summed E-state index contributed by atoms with van der Waals surface area (Å²) in [6, 6.07) is 1.51. The fourth-order valence-corrected chi connectivity index (χ4v) is 0.451. The van der Waals surface area contributed by atoms with Gasteiger partial charge >= 0.3 is 0 Å². The number of aromatic nitrogens is 2.